The van der Waals surface area contributed by atoms with Crippen molar-refractivity contribution >= 4 is 0 Å². The van der Waals surface area contributed by atoms with Gasteiger partial charge in [-0.2, -0.15) is 0 Å². The van der Waals surface area contributed by atoms with Crippen LogP contribution in [0.3, 0.4) is 0 Å². The summed E-state index contributed by atoms with van der Waals surface area (Å²) in [7, 11) is 1.59. The maximum Gasteiger partial charge on any atom is 0.0857 e. The molecule has 0 heterocycles. The van der Waals surface area contributed by atoms with Gasteiger partial charge in [0.2, 0.25) is 0 Å². The fourth-order valence-electron chi connectivity index (χ4n) is 0.118. The highest BCUT2D eigenvalue weighted by molar-refractivity contribution is 4.51. The van der Waals surface area contributed by atoms with Crippen molar-refractivity contribution in [1.29, 1.82) is 0 Å². The van der Waals surface area contributed by atoms with Crippen LogP contribution in [0.15, 0.2) is 6.26 Å². The maximum absolute atomic E-state index is 4.45. The first-order chi connectivity index (χ1) is 2.41. The van der Waals surface area contributed by atoms with E-state index in [9.17, 15) is 0 Å². The third-order valence-corrected chi connectivity index (χ3v) is 0.236. The Bertz CT molecular complexity index is 30.6. The predicted octanol–water partition coefficient (Wildman–Crippen LogP) is 0.970. The Kier molecular flexibility index (Phi) is 3.21. The molecule has 0 rings (SSSR count). The fraction of sp³-hybridized carbons (Fsp3) is 0.500. The molecule has 0 unspecified atom stereocenters. The molecular weight excluding hydrogens is 64.0 g/mol. The van der Waals surface area contributed by atoms with Crippen LogP contribution in [-0.4, -0.2) is 7.11 Å². The van der Waals surface area contributed by atoms with Crippen molar-refractivity contribution in [3.63, 3.8) is 0 Å². The van der Waals surface area contributed by atoms with Gasteiger partial charge in [-0.1, -0.05) is 0 Å². The number of methoxy groups -OCH3 is 1. The molecule has 29 valence electrons. The fourth-order valence-corrected chi connectivity index (χ4v) is 0.118. The third kappa shape index (κ3) is 3.54. The standard InChI is InChI=1S/C4H7O/c1-3-4-5-2/h4H,1-2H3. The van der Waals surface area contributed by atoms with Crippen molar-refractivity contribution in [2.24, 2.45) is 0 Å². The third-order valence-electron chi connectivity index (χ3n) is 0.236. The Morgan fingerprint density at radius 3 is 2.40 bits per heavy atom. The van der Waals surface area contributed by atoms with Crippen molar-refractivity contribution in [2.45, 2.75) is 6.92 Å². The summed E-state index contributed by atoms with van der Waals surface area (Å²) in [6.07, 6.45) is 4.17. The molecule has 0 N–H and O–H groups in total. The molecule has 0 amide bonds. The zero-order chi connectivity index (χ0) is 4.12. The molecule has 0 aromatic heterocycles. The van der Waals surface area contributed by atoms with Crippen LogP contribution >= 0.6 is 0 Å². The molecule has 0 saturated heterocycles. The van der Waals surface area contributed by atoms with E-state index in [0.717, 1.165) is 0 Å². The monoisotopic (exact) mass is 71.0 g/mol. The van der Waals surface area contributed by atoms with Gasteiger partial charge in [0.15, 0.2) is 0 Å². The van der Waals surface area contributed by atoms with E-state index in [1.165, 1.54) is 6.26 Å². The van der Waals surface area contributed by atoms with Gasteiger partial charge >= 0.3 is 0 Å². The quantitative estimate of drug-likeness (QED) is 0.418. The second-order valence-corrected chi connectivity index (χ2v) is 0.642. The van der Waals surface area contributed by atoms with E-state index in [2.05, 4.69) is 10.8 Å². The molecule has 5 heavy (non-hydrogen) atoms. The molecular formula is C4H7O. The average Bonchev–Trinajstić information content (AvgIpc) is 1.41. The van der Waals surface area contributed by atoms with E-state index < -0.39 is 0 Å². The summed E-state index contributed by atoms with van der Waals surface area (Å²) < 4.78 is 4.45. The van der Waals surface area contributed by atoms with Crippen molar-refractivity contribution in [3.05, 3.63) is 12.3 Å². The first-order valence-electron chi connectivity index (χ1n) is 1.43. The van der Waals surface area contributed by atoms with Gasteiger partial charge in [-0.25, -0.2) is 0 Å². The van der Waals surface area contributed by atoms with Crippen molar-refractivity contribution in [1.82, 2.24) is 0 Å². The van der Waals surface area contributed by atoms with E-state index in [1.807, 2.05) is 0 Å². The Hall–Kier alpha value is -0.460. The molecule has 0 aromatic rings. The van der Waals surface area contributed by atoms with Gasteiger partial charge < -0.3 is 4.74 Å². The number of rotatable bonds is 1. The molecule has 0 saturated carbocycles. The van der Waals surface area contributed by atoms with Gasteiger partial charge in [0.25, 0.3) is 0 Å². The molecule has 0 aliphatic carbocycles. The average molecular weight is 71.1 g/mol. The summed E-state index contributed by atoms with van der Waals surface area (Å²) >= 11 is 0. The maximum atomic E-state index is 4.45. The van der Waals surface area contributed by atoms with E-state index in [-0.39, 0.29) is 0 Å². The smallest absolute Gasteiger partial charge is 0.0857 e. The van der Waals surface area contributed by atoms with Crippen LogP contribution in [0, 0.1) is 6.08 Å². The molecule has 0 aliphatic rings. The van der Waals surface area contributed by atoms with Gasteiger partial charge in [-0.05, 0) is 13.0 Å². The Labute approximate surface area is 32.3 Å². The highest BCUT2D eigenvalue weighted by atomic mass is 16.5. The molecule has 0 aliphatic heterocycles. The van der Waals surface area contributed by atoms with Crippen LogP contribution in [0.4, 0.5) is 0 Å². The first kappa shape index (κ1) is 4.54. The van der Waals surface area contributed by atoms with Gasteiger partial charge in [-0.15, -0.1) is 0 Å². The number of hydrogen-bond acceptors (Lipinski definition) is 1. The minimum absolute atomic E-state index is 1.50. The summed E-state index contributed by atoms with van der Waals surface area (Å²) in [6, 6.07) is 0. The Morgan fingerprint density at radius 1 is 1.80 bits per heavy atom. The largest absolute Gasteiger partial charge is 0.504 e. The van der Waals surface area contributed by atoms with Crippen molar-refractivity contribution < 1.29 is 4.74 Å². The number of allylic oxidation sites excluding steroid dienone is 1. The lowest BCUT2D eigenvalue weighted by Crippen LogP contribution is -1.58. The van der Waals surface area contributed by atoms with E-state index in [1.54, 1.807) is 14.0 Å². The molecule has 0 atom stereocenters. The molecule has 1 nitrogen and oxygen atoms in total. The van der Waals surface area contributed by atoms with Crippen molar-refractivity contribution in [2.75, 3.05) is 7.11 Å². The molecule has 0 bridgehead atoms. The van der Waals surface area contributed by atoms with Crippen LogP contribution in [0.1, 0.15) is 6.92 Å². The molecule has 1 heteroatoms. The van der Waals surface area contributed by atoms with Crippen LogP contribution in [-0.2, 0) is 4.74 Å². The Balaban J connectivity index is 2.62. The highest BCUT2D eigenvalue weighted by Gasteiger charge is 1.48. The molecule has 0 aromatic carbocycles. The highest BCUT2D eigenvalue weighted by Crippen LogP contribution is 1.62. The zero-order valence-electron chi connectivity index (χ0n) is 3.49. The van der Waals surface area contributed by atoms with Gasteiger partial charge in [0, 0.05) is 0 Å². The second kappa shape index (κ2) is 3.54. The summed E-state index contributed by atoms with van der Waals surface area (Å²) in [5, 5.41) is 0. The summed E-state index contributed by atoms with van der Waals surface area (Å²) in [4.78, 5) is 0. The lowest BCUT2D eigenvalue weighted by Gasteiger charge is -1.76. The van der Waals surface area contributed by atoms with Crippen molar-refractivity contribution in [3.8, 4) is 0 Å². The zero-order valence-corrected chi connectivity index (χ0v) is 3.49. The lowest BCUT2D eigenvalue weighted by atomic mass is 10.7. The second-order valence-electron chi connectivity index (χ2n) is 0.642. The van der Waals surface area contributed by atoms with Crippen LogP contribution < -0.4 is 0 Å². The summed E-state index contributed by atoms with van der Waals surface area (Å²) in [5.41, 5.74) is 0. The molecule has 1 radical (unpaired) electrons. The van der Waals surface area contributed by atoms with Crippen LogP contribution in [0.5, 0.6) is 0 Å². The summed E-state index contributed by atoms with van der Waals surface area (Å²) in [5.74, 6) is 0. The van der Waals surface area contributed by atoms with Gasteiger partial charge in [0.05, 0.1) is 13.4 Å². The minimum Gasteiger partial charge on any atom is -0.504 e. The number of ether oxygens (including phenoxy) is 1. The SMILES string of the molecule is C/[C]=C/OC. The minimum atomic E-state index is 1.50. The van der Waals surface area contributed by atoms with Gasteiger partial charge in [0.1, 0.15) is 0 Å². The van der Waals surface area contributed by atoms with Gasteiger partial charge in [-0.3, -0.25) is 0 Å². The summed E-state index contributed by atoms with van der Waals surface area (Å²) in [6.45, 7) is 1.78. The van der Waals surface area contributed by atoms with E-state index >= 15 is 0 Å². The molecule has 0 spiro atoms. The Morgan fingerprint density at radius 2 is 2.40 bits per heavy atom. The van der Waals surface area contributed by atoms with E-state index in [0.29, 0.717) is 0 Å². The first-order valence-corrected chi connectivity index (χ1v) is 1.43. The normalized spacial score (nSPS) is 9.20. The van der Waals surface area contributed by atoms with E-state index in [4.69, 9.17) is 0 Å². The number of hydrogen-bond donors (Lipinski definition) is 0. The topological polar surface area (TPSA) is 9.23 Å². The molecule has 0 fully saturated rings. The predicted molar refractivity (Wildman–Crippen MR) is 20.5 cm³/mol. The van der Waals surface area contributed by atoms with Crippen LogP contribution in [0.2, 0.25) is 0 Å². The lowest BCUT2D eigenvalue weighted by molar-refractivity contribution is 0.335. The van der Waals surface area contributed by atoms with Crippen LogP contribution in [0.25, 0.3) is 0 Å².